The van der Waals surface area contributed by atoms with Crippen molar-refractivity contribution in [3.05, 3.63) is 35.4 Å². The van der Waals surface area contributed by atoms with Gasteiger partial charge in [0.15, 0.2) is 0 Å². The predicted molar refractivity (Wildman–Crippen MR) is 101 cm³/mol. The minimum Gasteiger partial charge on any atom is -0.379 e. The van der Waals surface area contributed by atoms with Gasteiger partial charge in [0.05, 0.1) is 19.8 Å². The third-order valence-electron chi connectivity index (χ3n) is 4.82. The maximum absolute atomic E-state index is 12.6. The molecule has 2 heterocycles. The average Bonchev–Trinajstić information content (AvgIpc) is 2.68. The van der Waals surface area contributed by atoms with Gasteiger partial charge in [0.1, 0.15) is 0 Å². The second kappa shape index (κ2) is 9.87. The number of carbonyl (C=O) groups excluding carboxylic acids is 2. The lowest BCUT2D eigenvalue weighted by Gasteiger charge is -2.36. The van der Waals surface area contributed by atoms with E-state index in [1.807, 2.05) is 34.1 Å². The molecule has 3 rings (SSSR count). The Bertz CT molecular complexity index is 597. The lowest BCUT2D eigenvalue weighted by molar-refractivity contribution is -0.134. The van der Waals surface area contributed by atoms with Gasteiger partial charge >= 0.3 is 0 Å². The van der Waals surface area contributed by atoms with Crippen LogP contribution in [0.15, 0.2) is 24.3 Å². The second-order valence-electron chi connectivity index (χ2n) is 6.46. The molecule has 144 valence electrons. The number of morpholine rings is 1. The SMILES string of the molecule is Cl.NCc1ccc(C(=O)N2CCN(C(=O)CN3CCOCC3)CC2)cc1. The van der Waals surface area contributed by atoms with Gasteiger partial charge in [0.25, 0.3) is 5.91 Å². The van der Waals surface area contributed by atoms with Crippen LogP contribution in [0.2, 0.25) is 0 Å². The van der Waals surface area contributed by atoms with Crippen molar-refractivity contribution in [2.24, 2.45) is 5.73 Å². The first-order valence-corrected chi connectivity index (χ1v) is 8.83. The summed E-state index contributed by atoms with van der Waals surface area (Å²) in [6.45, 7) is 6.25. The first-order valence-electron chi connectivity index (χ1n) is 8.83. The van der Waals surface area contributed by atoms with Crippen LogP contribution < -0.4 is 5.73 Å². The monoisotopic (exact) mass is 382 g/mol. The molecule has 1 aromatic rings. The van der Waals surface area contributed by atoms with E-state index in [0.717, 1.165) is 18.7 Å². The van der Waals surface area contributed by atoms with Gasteiger partial charge in [-0.3, -0.25) is 14.5 Å². The highest BCUT2D eigenvalue weighted by Crippen LogP contribution is 2.11. The van der Waals surface area contributed by atoms with Crippen molar-refractivity contribution in [2.75, 3.05) is 59.0 Å². The number of nitrogens with two attached hydrogens (primary N) is 1. The third-order valence-corrected chi connectivity index (χ3v) is 4.82. The summed E-state index contributed by atoms with van der Waals surface area (Å²) in [5.74, 6) is 0.158. The van der Waals surface area contributed by atoms with E-state index in [0.29, 0.717) is 58.0 Å². The number of amides is 2. The first kappa shape index (κ1) is 20.6. The molecule has 2 amide bonds. The second-order valence-corrected chi connectivity index (χ2v) is 6.46. The molecule has 2 saturated heterocycles. The van der Waals surface area contributed by atoms with Crippen molar-refractivity contribution in [3.8, 4) is 0 Å². The Hall–Kier alpha value is -1.67. The molecular weight excluding hydrogens is 356 g/mol. The number of rotatable bonds is 4. The highest BCUT2D eigenvalue weighted by molar-refractivity contribution is 5.94. The van der Waals surface area contributed by atoms with Crippen LogP contribution in [0.1, 0.15) is 15.9 Å². The number of carbonyl (C=O) groups is 2. The molecule has 2 N–H and O–H groups in total. The Morgan fingerprint density at radius 3 is 2.08 bits per heavy atom. The maximum atomic E-state index is 12.6. The summed E-state index contributed by atoms with van der Waals surface area (Å²) in [7, 11) is 0. The van der Waals surface area contributed by atoms with E-state index in [2.05, 4.69) is 4.90 Å². The fourth-order valence-corrected chi connectivity index (χ4v) is 3.18. The molecule has 2 fully saturated rings. The van der Waals surface area contributed by atoms with Gasteiger partial charge < -0.3 is 20.3 Å². The average molecular weight is 383 g/mol. The fraction of sp³-hybridized carbons (Fsp3) is 0.556. The van der Waals surface area contributed by atoms with Gasteiger partial charge in [-0.15, -0.1) is 12.4 Å². The van der Waals surface area contributed by atoms with Gasteiger partial charge in [-0.2, -0.15) is 0 Å². The van der Waals surface area contributed by atoms with Crippen LogP contribution in [-0.4, -0.2) is 85.5 Å². The number of piperazine rings is 1. The molecule has 0 saturated carbocycles. The van der Waals surface area contributed by atoms with Gasteiger partial charge in [-0.1, -0.05) is 12.1 Å². The van der Waals surface area contributed by atoms with E-state index in [1.165, 1.54) is 0 Å². The zero-order valence-electron chi connectivity index (χ0n) is 14.9. The van der Waals surface area contributed by atoms with Crippen molar-refractivity contribution >= 4 is 24.2 Å². The summed E-state index contributed by atoms with van der Waals surface area (Å²) >= 11 is 0. The molecule has 2 aliphatic heterocycles. The van der Waals surface area contributed by atoms with Crippen LogP contribution in [0.3, 0.4) is 0 Å². The molecule has 7 nitrogen and oxygen atoms in total. The maximum Gasteiger partial charge on any atom is 0.253 e. The molecular formula is C18H27ClN4O3. The Kier molecular flexibility index (Phi) is 7.84. The Morgan fingerprint density at radius 2 is 1.50 bits per heavy atom. The van der Waals surface area contributed by atoms with Gasteiger partial charge in [-0.25, -0.2) is 0 Å². The van der Waals surface area contributed by atoms with Crippen LogP contribution >= 0.6 is 12.4 Å². The largest absolute Gasteiger partial charge is 0.379 e. The number of benzene rings is 1. The Morgan fingerprint density at radius 1 is 0.923 bits per heavy atom. The molecule has 26 heavy (non-hydrogen) atoms. The minimum atomic E-state index is 0. The molecule has 0 aromatic heterocycles. The van der Waals surface area contributed by atoms with E-state index in [9.17, 15) is 9.59 Å². The number of ether oxygens (including phenoxy) is 1. The molecule has 2 aliphatic rings. The Balaban J connectivity index is 0.00000243. The van der Waals surface area contributed by atoms with E-state index >= 15 is 0 Å². The molecule has 0 spiro atoms. The Labute approximate surface area is 160 Å². The summed E-state index contributed by atoms with van der Waals surface area (Å²) in [4.78, 5) is 30.8. The molecule has 0 atom stereocenters. The van der Waals surface area contributed by atoms with E-state index in [-0.39, 0.29) is 24.2 Å². The van der Waals surface area contributed by atoms with Crippen LogP contribution in [0.25, 0.3) is 0 Å². The molecule has 1 aromatic carbocycles. The lowest BCUT2D eigenvalue weighted by atomic mass is 10.1. The van der Waals surface area contributed by atoms with Gasteiger partial charge in [0.2, 0.25) is 5.91 Å². The van der Waals surface area contributed by atoms with Gasteiger partial charge in [-0.05, 0) is 17.7 Å². The van der Waals surface area contributed by atoms with Crippen molar-refractivity contribution in [2.45, 2.75) is 6.54 Å². The lowest BCUT2D eigenvalue weighted by Crippen LogP contribution is -2.53. The highest BCUT2D eigenvalue weighted by Gasteiger charge is 2.26. The fourth-order valence-electron chi connectivity index (χ4n) is 3.18. The number of nitrogens with zero attached hydrogens (tertiary/aromatic N) is 3. The topological polar surface area (TPSA) is 79.1 Å². The zero-order valence-corrected chi connectivity index (χ0v) is 15.7. The van der Waals surface area contributed by atoms with Crippen molar-refractivity contribution in [3.63, 3.8) is 0 Å². The van der Waals surface area contributed by atoms with Crippen molar-refractivity contribution < 1.29 is 14.3 Å². The smallest absolute Gasteiger partial charge is 0.253 e. The third kappa shape index (κ3) is 5.17. The first-order chi connectivity index (χ1) is 12.2. The molecule has 8 heteroatoms. The standard InChI is InChI=1S/C18H26N4O3.ClH/c19-13-15-1-3-16(4-2-15)18(24)22-7-5-21(6-8-22)17(23)14-20-9-11-25-12-10-20;/h1-4H,5-14,19H2;1H. The zero-order chi connectivity index (χ0) is 17.6. The summed E-state index contributed by atoms with van der Waals surface area (Å²) < 4.78 is 5.31. The number of halogens is 1. The minimum absolute atomic E-state index is 0. The molecule has 0 aliphatic carbocycles. The van der Waals surface area contributed by atoms with Crippen LogP contribution in [0, 0.1) is 0 Å². The summed E-state index contributed by atoms with van der Waals surface area (Å²) in [5.41, 5.74) is 7.27. The number of hydrogen-bond donors (Lipinski definition) is 1. The molecule has 0 radical (unpaired) electrons. The van der Waals surface area contributed by atoms with Crippen molar-refractivity contribution in [1.82, 2.24) is 14.7 Å². The molecule has 0 unspecified atom stereocenters. The highest BCUT2D eigenvalue weighted by atomic mass is 35.5. The normalized spacial score (nSPS) is 18.3. The van der Waals surface area contributed by atoms with Crippen LogP contribution in [0.5, 0.6) is 0 Å². The van der Waals surface area contributed by atoms with E-state index < -0.39 is 0 Å². The van der Waals surface area contributed by atoms with Crippen molar-refractivity contribution in [1.29, 1.82) is 0 Å². The van der Waals surface area contributed by atoms with Crippen LogP contribution in [0.4, 0.5) is 0 Å². The number of hydrogen-bond acceptors (Lipinski definition) is 5. The quantitative estimate of drug-likeness (QED) is 0.803. The van der Waals surface area contributed by atoms with Crippen LogP contribution in [-0.2, 0) is 16.1 Å². The van der Waals surface area contributed by atoms with E-state index in [1.54, 1.807) is 0 Å². The summed E-state index contributed by atoms with van der Waals surface area (Å²) in [5, 5.41) is 0. The van der Waals surface area contributed by atoms with Gasteiger partial charge in [0, 0.05) is 51.4 Å². The summed E-state index contributed by atoms with van der Waals surface area (Å²) in [6, 6.07) is 7.41. The van der Waals surface area contributed by atoms with E-state index in [4.69, 9.17) is 10.5 Å². The predicted octanol–water partition coefficient (Wildman–Crippen LogP) is 0.184. The summed E-state index contributed by atoms with van der Waals surface area (Å²) in [6.07, 6.45) is 0. The molecule has 0 bridgehead atoms.